The SMILES string of the molecule is CC(C)(C)OP([O-])(=S)SC(C)(C)C.[Zn]. The van der Waals surface area contributed by atoms with Crippen molar-refractivity contribution in [3.63, 3.8) is 0 Å². The molecular weight excluding hydrogens is 289 g/mol. The maximum Gasteiger partial charge on any atom is 0.0645 e. The quantitative estimate of drug-likeness (QED) is 0.580. The van der Waals surface area contributed by atoms with Crippen LogP contribution in [0.15, 0.2) is 0 Å². The largest absolute Gasteiger partial charge is 0.793 e. The standard InChI is InChI=1S/C8H19O2PS2.Zn/c1-7(2,3)10-11(9,12)13-8(4,5)6;/h1-6H3,(H,9,12);/p-1. The summed E-state index contributed by atoms with van der Waals surface area (Å²) in [5, 5.41) is 0. The molecule has 2 nitrogen and oxygen atoms in total. The van der Waals surface area contributed by atoms with E-state index in [4.69, 9.17) is 16.3 Å². The average molecular weight is 307 g/mol. The van der Waals surface area contributed by atoms with Crippen LogP contribution in [-0.2, 0) is 35.8 Å². The Labute approximate surface area is 109 Å². The average Bonchev–Trinajstić information content (AvgIpc) is 1.43. The topological polar surface area (TPSA) is 32.3 Å². The molecule has 0 N–H and O–H groups in total. The Morgan fingerprint density at radius 3 is 1.71 bits per heavy atom. The van der Waals surface area contributed by atoms with Crippen molar-refractivity contribution in [2.24, 2.45) is 0 Å². The van der Waals surface area contributed by atoms with Crippen LogP contribution in [0.1, 0.15) is 41.5 Å². The van der Waals surface area contributed by atoms with Crippen LogP contribution in [0.4, 0.5) is 0 Å². The molecule has 0 aliphatic heterocycles. The van der Waals surface area contributed by atoms with Crippen LogP contribution in [0.3, 0.4) is 0 Å². The van der Waals surface area contributed by atoms with E-state index in [0.29, 0.717) is 0 Å². The van der Waals surface area contributed by atoms with Gasteiger partial charge in [-0.1, -0.05) is 32.6 Å². The normalized spacial score (nSPS) is 17.1. The molecule has 0 amide bonds. The second-order valence-electron chi connectivity index (χ2n) is 4.85. The number of hydrogen-bond acceptors (Lipinski definition) is 4. The minimum absolute atomic E-state index is 0. The van der Waals surface area contributed by atoms with Gasteiger partial charge >= 0.3 is 0 Å². The summed E-state index contributed by atoms with van der Waals surface area (Å²) in [6.45, 7) is 11.5. The summed E-state index contributed by atoms with van der Waals surface area (Å²) in [5.74, 6) is 0. The molecule has 0 heterocycles. The van der Waals surface area contributed by atoms with Gasteiger partial charge in [0.2, 0.25) is 0 Å². The monoisotopic (exact) mass is 305 g/mol. The molecule has 6 heteroatoms. The van der Waals surface area contributed by atoms with Crippen molar-refractivity contribution in [3.05, 3.63) is 0 Å². The van der Waals surface area contributed by atoms with E-state index >= 15 is 0 Å². The molecule has 0 aliphatic rings. The van der Waals surface area contributed by atoms with E-state index in [-0.39, 0.29) is 24.2 Å². The van der Waals surface area contributed by atoms with Crippen molar-refractivity contribution >= 4 is 28.9 Å². The molecule has 0 radical (unpaired) electrons. The Morgan fingerprint density at radius 1 is 1.14 bits per heavy atom. The first-order valence-electron chi connectivity index (χ1n) is 4.14. The molecular formula is C8H18O2PS2Zn-. The van der Waals surface area contributed by atoms with E-state index < -0.39 is 11.3 Å². The van der Waals surface area contributed by atoms with Gasteiger partial charge in [-0.3, -0.25) is 0 Å². The molecule has 0 aromatic rings. The molecule has 0 aromatic heterocycles. The number of rotatable bonds is 2. The maximum atomic E-state index is 11.8. The van der Waals surface area contributed by atoms with Crippen LogP contribution in [0.5, 0.6) is 0 Å². The van der Waals surface area contributed by atoms with Gasteiger partial charge in [-0.15, -0.1) is 11.4 Å². The Bertz CT molecular complexity index is 200. The van der Waals surface area contributed by atoms with E-state index in [1.165, 1.54) is 11.4 Å². The van der Waals surface area contributed by atoms with Crippen LogP contribution < -0.4 is 4.89 Å². The molecule has 82 valence electrons. The van der Waals surface area contributed by atoms with Gasteiger partial charge in [-0.05, 0) is 20.8 Å². The van der Waals surface area contributed by atoms with Crippen LogP contribution in [0, 0.1) is 0 Å². The first-order valence-corrected chi connectivity index (χ1v) is 8.20. The summed E-state index contributed by atoms with van der Waals surface area (Å²) >= 11 is 6.17. The molecule has 14 heavy (non-hydrogen) atoms. The molecule has 1 unspecified atom stereocenters. The molecule has 1 atom stereocenters. The Morgan fingerprint density at radius 2 is 1.50 bits per heavy atom. The molecule has 0 aliphatic carbocycles. The van der Waals surface area contributed by atoms with Gasteiger partial charge in [-0.25, -0.2) is 0 Å². The van der Waals surface area contributed by atoms with Crippen molar-refractivity contribution in [2.75, 3.05) is 0 Å². The molecule has 0 saturated carbocycles. The van der Waals surface area contributed by atoms with E-state index in [2.05, 4.69) is 0 Å². The van der Waals surface area contributed by atoms with Crippen molar-refractivity contribution in [1.29, 1.82) is 0 Å². The van der Waals surface area contributed by atoms with Gasteiger partial charge in [0, 0.05) is 29.9 Å². The van der Waals surface area contributed by atoms with Crippen LogP contribution >= 0.6 is 17.1 Å². The van der Waals surface area contributed by atoms with Crippen molar-refractivity contribution in [2.45, 2.75) is 51.9 Å². The third-order valence-corrected chi connectivity index (χ3v) is 5.75. The number of hydrogen-bond donors (Lipinski definition) is 0. The van der Waals surface area contributed by atoms with Gasteiger partial charge in [0.05, 0.1) is 5.60 Å². The van der Waals surface area contributed by atoms with Crippen LogP contribution in [0.25, 0.3) is 0 Å². The Hall–Kier alpha value is 1.54. The molecule has 0 spiro atoms. The minimum Gasteiger partial charge on any atom is -0.793 e. The maximum absolute atomic E-state index is 11.8. The summed E-state index contributed by atoms with van der Waals surface area (Å²) < 4.78 is 5.21. The third-order valence-electron chi connectivity index (χ3n) is 0.771. The third kappa shape index (κ3) is 11.6. The van der Waals surface area contributed by atoms with E-state index in [0.717, 1.165) is 0 Å². The fourth-order valence-corrected chi connectivity index (χ4v) is 7.55. The predicted octanol–water partition coefficient (Wildman–Crippen LogP) is 2.92. The van der Waals surface area contributed by atoms with Gasteiger partial charge in [0.25, 0.3) is 0 Å². The van der Waals surface area contributed by atoms with Crippen molar-refractivity contribution < 1.29 is 28.9 Å². The predicted molar refractivity (Wildman–Crippen MR) is 62.5 cm³/mol. The molecule has 0 fully saturated rings. The van der Waals surface area contributed by atoms with E-state index in [9.17, 15) is 4.89 Å². The smallest absolute Gasteiger partial charge is 0.0645 e. The fourth-order valence-electron chi connectivity index (χ4n) is 0.689. The Kier molecular flexibility index (Phi) is 7.36. The van der Waals surface area contributed by atoms with E-state index in [1.807, 2.05) is 41.5 Å². The molecule has 0 bridgehead atoms. The van der Waals surface area contributed by atoms with Crippen LogP contribution in [-0.4, -0.2) is 10.3 Å². The minimum atomic E-state index is -2.94. The summed E-state index contributed by atoms with van der Waals surface area (Å²) in [4.78, 5) is 11.8. The molecule has 0 saturated heterocycles. The van der Waals surface area contributed by atoms with Gasteiger partial charge in [0.1, 0.15) is 0 Å². The van der Waals surface area contributed by atoms with Gasteiger partial charge in [0.15, 0.2) is 0 Å². The second-order valence-corrected chi connectivity index (χ2v) is 11.5. The summed E-state index contributed by atoms with van der Waals surface area (Å²) in [5.41, 5.74) is -3.37. The van der Waals surface area contributed by atoms with E-state index in [1.54, 1.807) is 0 Å². The zero-order valence-corrected chi connectivity index (χ0v) is 15.3. The summed E-state index contributed by atoms with van der Waals surface area (Å²) in [6.07, 6.45) is 0. The van der Waals surface area contributed by atoms with Gasteiger partial charge in [-0.2, -0.15) is 0 Å². The van der Waals surface area contributed by atoms with Crippen LogP contribution in [0.2, 0.25) is 0 Å². The summed E-state index contributed by atoms with van der Waals surface area (Å²) in [6, 6.07) is 0. The zero-order chi connectivity index (χ0) is 10.9. The zero-order valence-electron chi connectivity index (χ0n) is 9.79. The Balaban J connectivity index is 0. The van der Waals surface area contributed by atoms with Crippen molar-refractivity contribution in [3.8, 4) is 0 Å². The molecule has 0 rings (SSSR count). The first-order chi connectivity index (χ1) is 5.41. The summed E-state index contributed by atoms with van der Waals surface area (Å²) in [7, 11) is 0. The molecule has 0 aromatic carbocycles. The van der Waals surface area contributed by atoms with Crippen molar-refractivity contribution in [1.82, 2.24) is 0 Å². The van der Waals surface area contributed by atoms with Gasteiger partial charge < -0.3 is 9.42 Å². The second kappa shape index (κ2) is 5.75. The fraction of sp³-hybridized carbons (Fsp3) is 1.00. The first kappa shape index (κ1) is 17.9.